The molecule has 3 aliphatic heterocycles. The number of benzene rings is 1. The summed E-state index contributed by atoms with van der Waals surface area (Å²) in [5, 5.41) is 6.61. The van der Waals surface area contributed by atoms with Gasteiger partial charge in [-0.3, -0.25) is 0 Å². The van der Waals surface area contributed by atoms with Crippen molar-refractivity contribution in [1.29, 1.82) is 0 Å². The molecule has 4 heterocycles. The average molecular weight is 337 g/mol. The van der Waals surface area contributed by atoms with Crippen molar-refractivity contribution in [2.45, 2.75) is 18.1 Å². The van der Waals surface area contributed by atoms with E-state index >= 15 is 0 Å². The quantitative estimate of drug-likeness (QED) is 0.623. The lowest BCUT2D eigenvalue weighted by Gasteiger charge is -2.38. The molecule has 0 saturated carbocycles. The van der Waals surface area contributed by atoms with Gasteiger partial charge >= 0.3 is 6.03 Å². The summed E-state index contributed by atoms with van der Waals surface area (Å²) < 4.78 is 0. The fourth-order valence-corrected chi connectivity index (χ4v) is 4.09. The Bertz CT molecular complexity index is 827. The maximum atomic E-state index is 12.7. The highest BCUT2D eigenvalue weighted by molar-refractivity contribution is 5.81. The molecule has 1 aromatic carbocycles. The highest BCUT2D eigenvalue weighted by Crippen LogP contribution is 2.40. The van der Waals surface area contributed by atoms with E-state index in [0.717, 1.165) is 24.3 Å². The number of carbonyl (C=O) groups is 1. The van der Waals surface area contributed by atoms with E-state index in [1.807, 2.05) is 4.90 Å². The molecule has 2 aromatic rings. The van der Waals surface area contributed by atoms with Crippen molar-refractivity contribution in [3.63, 3.8) is 0 Å². The summed E-state index contributed by atoms with van der Waals surface area (Å²) in [6.45, 7) is 2.95. The summed E-state index contributed by atoms with van der Waals surface area (Å²) in [6, 6.07) is 7.90. The van der Waals surface area contributed by atoms with E-state index in [2.05, 4.69) is 49.7 Å². The number of piperazine rings is 1. The van der Waals surface area contributed by atoms with Gasteiger partial charge in [0.25, 0.3) is 0 Å². The first-order chi connectivity index (χ1) is 12.3. The van der Waals surface area contributed by atoms with Crippen LogP contribution in [0.2, 0.25) is 0 Å². The van der Waals surface area contributed by atoms with E-state index in [1.54, 1.807) is 18.5 Å². The molecule has 2 saturated heterocycles. The van der Waals surface area contributed by atoms with E-state index in [9.17, 15) is 4.79 Å². The minimum atomic E-state index is -0.773. The van der Waals surface area contributed by atoms with E-state index in [1.165, 1.54) is 5.56 Å². The normalized spacial score (nSPS) is 27.4. The van der Waals surface area contributed by atoms with Gasteiger partial charge in [0.15, 0.2) is 5.82 Å². The lowest BCUT2D eigenvalue weighted by molar-refractivity contribution is 0.175. The van der Waals surface area contributed by atoms with Gasteiger partial charge in [-0.15, -0.1) is 0 Å². The molecule has 25 heavy (non-hydrogen) atoms. The minimum absolute atomic E-state index is 0.0643. The fourth-order valence-electron chi connectivity index (χ4n) is 4.09. The second kappa shape index (κ2) is 5.40. The predicted molar refractivity (Wildman–Crippen MR) is 91.6 cm³/mol. The van der Waals surface area contributed by atoms with Gasteiger partial charge < -0.3 is 21.0 Å². The number of carbonyl (C=O) groups excluding carboxylic acids is 1. The van der Waals surface area contributed by atoms with Crippen LogP contribution in [-0.2, 0) is 12.1 Å². The van der Waals surface area contributed by atoms with Gasteiger partial charge in [-0.2, -0.15) is 0 Å². The van der Waals surface area contributed by atoms with Gasteiger partial charge in [0.1, 0.15) is 5.54 Å². The Hall–Kier alpha value is -2.71. The Labute approximate surface area is 145 Å². The summed E-state index contributed by atoms with van der Waals surface area (Å²) in [7, 11) is 0. The largest absolute Gasteiger partial charge is 0.321 e. The first-order valence-electron chi connectivity index (χ1n) is 8.48. The number of urea groups is 1. The monoisotopic (exact) mass is 337 g/mol. The summed E-state index contributed by atoms with van der Waals surface area (Å²) >= 11 is 0. The molecule has 2 atom stereocenters. The number of rotatable bonds is 2. The van der Waals surface area contributed by atoms with Crippen LogP contribution in [0.4, 0.5) is 10.5 Å². The number of amides is 2. The van der Waals surface area contributed by atoms with Crippen molar-refractivity contribution in [2.24, 2.45) is 0 Å². The van der Waals surface area contributed by atoms with Crippen molar-refractivity contribution in [3.05, 3.63) is 53.6 Å². The number of hydrogen-bond donors (Lipinski definition) is 4. The standard InChI is InChI=1S/C17H19N7O/c25-16-22-17(15-19-4-1-5-20-15,14-10-18-6-7-24(14)16)12-3-2-11-9-21-23-13(11)8-12/h1-5,8,14,18,21,23H,6-7,9-10H2,(H,22,25). The van der Waals surface area contributed by atoms with Crippen molar-refractivity contribution in [2.75, 3.05) is 25.1 Å². The molecule has 0 aliphatic carbocycles. The lowest BCUT2D eigenvalue weighted by atomic mass is 9.81. The fraction of sp³-hybridized carbons (Fsp3) is 0.353. The van der Waals surface area contributed by atoms with Crippen molar-refractivity contribution < 1.29 is 4.79 Å². The van der Waals surface area contributed by atoms with Gasteiger partial charge in [0.05, 0.1) is 11.7 Å². The van der Waals surface area contributed by atoms with Gasteiger partial charge in [0, 0.05) is 38.6 Å². The molecular formula is C17H19N7O. The van der Waals surface area contributed by atoms with Crippen molar-refractivity contribution in [1.82, 2.24) is 30.9 Å². The average Bonchev–Trinajstić information content (AvgIpc) is 3.25. The molecule has 128 valence electrons. The molecule has 2 fully saturated rings. The third-order valence-electron chi connectivity index (χ3n) is 5.29. The molecule has 8 heteroatoms. The number of anilines is 1. The Morgan fingerprint density at radius 3 is 3.00 bits per heavy atom. The maximum Gasteiger partial charge on any atom is 0.318 e. The van der Waals surface area contributed by atoms with Gasteiger partial charge in [0.2, 0.25) is 0 Å². The van der Waals surface area contributed by atoms with Crippen LogP contribution < -0.4 is 21.5 Å². The number of aromatic nitrogens is 2. The zero-order valence-corrected chi connectivity index (χ0v) is 13.6. The molecule has 8 nitrogen and oxygen atoms in total. The first-order valence-corrected chi connectivity index (χ1v) is 8.48. The Morgan fingerprint density at radius 2 is 2.12 bits per heavy atom. The topological polar surface area (TPSA) is 94.2 Å². The van der Waals surface area contributed by atoms with Crippen LogP contribution in [0.15, 0.2) is 36.7 Å². The van der Waals surface area contributed by atoms with Crippen LogP contribution in [0, 0.1) is 0 Å². The Kier molecular flexibility index (Phi) is 3.16. The Balaban J connectivity index is 1.71. The number of nitrogens with zero attached hydrogens (tertiary/aromatic N) is 3. The van der Waals surface area contributed by atoms with Gasteiger partial charge in [-0.25, -0.2) is 20.2 Å². The molecule has 1 aromatic heterocycles. The van der Waals surface area contributed by atoms with E-state index in [0.29, 0.717) is 18.9 Å². The summed E-state index contributed by atoms with van der Waals surface area (Å²) in [5.41, 5.74) is 8.76. The third-order valence-corrected chi connectivity index (χ3v) is 5.29. The van der Waals surface area contributed by atoms with Crippen LogP contribution >= 0.6 is 0 Å². The van der Waals surface area contributed by atoms with Crippen LogP contribution in [0.3, 0.4) is 0 Å². The highest BCUT2D eigenvalue weighted by atomic mass is 16.2. The smallest absolute Gasteiger partial charge is 0.318 e. The maximum absolute atomic E-state index is 12.7. The summed E-state index contributed by atoms with van der Waals surface area (Å²) in [5.74, 6) is 0.616. The van der Waals surface area contributed by atoms with Crippen LogP contribution in [-0.4, -0.2) is 46.6 Å². The number of hydrazine groups is 1. The van der Waals surface area contributed by atoms with E-state index in [4.69, 9.17) is 0 Å². The second-order valence-corrected chi connectivity index (χ2v) is 6.57. The lowest BCUT2D eigenvalue weighted by Crippen LogP contribution is -2.57. The number of hydrogen-bond acceptors (Lipinski definition) is 6. The molecule has 3 aliphatic rings. The Morgan fingerprint density at radius 1 is 1.24 bits per heavy atom. The molecule has 0 spiro atoms. The number of fused-ring (bicyclic) bond motifs is 2. The zero-order chi connectivity index (χ0) is 16.9. The molecular weight excluding hydrogens is 318 g/mol. The first kappa shape index (κ1) is 14.6. The van der Waals surface area contributed by atoms with Gasteiger partial charge in [-0.1, -0.05) is 12.1 Å². The number of nitrogens with one attached hydrogen (secondary N) is 4. The molecule has 2 unspecified atom stereocenters. The van der Waals surface area contributed by atoms with Gasteiger partial charge in [-0.05, 0) is 23.3 Å². The van der Waals surface area contributed by atoms with Crippen molar-refractivity contribution >= 4 is 11.7 Å². The van der Waals surface area contributed by atoms with Crippen LogP contribution in [0.5, 0.6) is 0 Å². The van der Waals surface area contributed by atoms with Crippen molar-refractivity contribution in [3.8, 4) is 0 Å². The minimum Gasteiger partial charge on any atom is -0.321 e. The molecule has 2 amide bonds. The SMILES string of the molecule is O=C1NC(c2ccc3c(c2)NNC3)(c2ncccn2)C2CNCCN12. The van der Waals surface area contributed by atoms with Crippen LogP contribution in [0.1, 0.15) is 17.0 Å². The summed E-state index contributed by atoms with van der Waals surface area (Å²) in [4.78, 5) is 23.6. The molecule has 5 rings (SSSR count). The highest BCUT2D eigenvalue weighted by Gasteiger charge is 2.56. The molecule has 0 radical (unpaired) electrons. The summed E-state index contributed by atoms with van der Waals surface area (Å²) in [6.07, 6.45) is 3.45. The van der Waals surface area contributed by atoms with Crippen LogP contribution in [0.25, 0.3) is 0 Å². The molecule has 4 N–H and O–H groups in total. The van der Waals surface area contributed by atoms with E-state index < -0.39 is 5.54 Å². The third kappa shape index (κ3) is 2.04. The zero-order valence-electron chi connectivity index (χ0n) is 13.6. The van der Waals surface area contributed by atoms with E-state index in [-0.39, 0.29) is 12.1 Å². The predicted octanol–water partition coefficient (Wildman–Crippen LogP) is 0.147. The molecule has 0 bridgehead atoms. The second-order valence-electron chi connectivity index (χ2n) is 6.57.